The van der Waals surface area contributed by atoms with Crippen LogP contribution in [0.15, 0.2) is 36.5 Å². The topological polar surface area (TPSA) is 161 Å². The maximum absolute atomic E-state index is 12.4. The van der Waals surface area contributed by atoms with E-state index < -0.39 is 54.8 Å². The van der Waals surface area contributed by atoms with E-state index in [-0.39, 0.29) is 0 Å². The Kier molecular flexibility index (Phi) is 13.8. The average Bonchev–Trinajstić information content (AvgIpc) is 2.90. The van der Waals surface area contributed by atoms with Crippen LogP contribution in [0.3, 0.4) is 0 Å². The molecule has 0 N–H and O–H groups in total. The summed E-state index contributed by atoms with van der Waals surface area (Å²) in [7, 11) is 3.38. The van der Waals surface area contributed by atoms with Crippen LogP contribution >= 0.6 is 0 Å². The zero-order valence-electron chi connectivity index (χ0n) is 20.2. The highest BCUT2D eigenvalue weighted by Crippen LogP contribution is 2.19. The lowest BCUT2D eigenvalue weighted by atomic mass is 10.1. The van der Waals surface area contributed by atoms with Gasteiger partial charge in [0.1, 0.15) is 6.61 Å². The van der Waals surface area contributed by atoms with Crippen molar-refractivity contribution in [3.05, 3.63) is 36.5 Å². The van der Waals surface area contributed by atoms with Crippen molar-refractivity contribution in [1.82, 2.24) is 4.90 Å². The number of ether oxygens (including phenoxy) is 6. The lowest BCUT2D eigenvalue weighted by molar-refractivity contribution is -0.188. The number of esters is 6. The molecule has 0 bridgehead atoms. The Labute approximate surface area is 207 Å². The molecule has 2 atom stereocenters. The normalized spacial score (nSPS) is 15.8. The number of rotatable bonds is 12. The predicted octanol–water partition coefficient (Wildman–Crippen LogP) is -0.0158. The number of hydrogen-bond acceptors (Lipinski definition) is 13. The third-order valence-electron chi connectivity index (χ3n) is 4.63. The highest BCUT2D eigenvalue weighted by molar-refractivity contribution is 5.93. The van der Waals surface area contributed by atoms with Crippen molar-refractivity contribution < 1.29 is 57.2 Å². The van der Waals surface area contributed by atoms with Crippen LogP contribution in [0.4, 0.5) is 0 Å². The first kappa shape index (κ1) is 30.0. The van der Waals surface area contributed by atoms with Gasteiger partial charge in [0, 0.05) is 49.5 Å². The first-order valence-electron chi connectivity index (χ1n) is 10.8. The SMILES string of the molecule is COC(=O)/C=C/C(=O)OCC(OC(=O)/C=C/C(=O)OC)C(OC(=O)/C=C/C(=O)OC)N1CCCCC1. The third-order valence-corrected chi connectivity index (χ3v) is 4.63. The Bertz CT molecular complexity index is 886. The van der Waals surface area contributed by atoms with Crippen molar-refractivity contribution >= 4 is 35.8 Å². The van der Waals surface area contributed by atoms with Gasteiger partial charge in [0.25, 0.3) is 0 Å². The van der Waals surface area contributed by atoms with Crippen LogP contribution in [0.25, 0.3) is 0 Å². The van der Waals surface area contributed by atoms with E-state index in [0.717, 1.165) is 77.0 Å². The van der Waals surface area contributed by atoms with Crippen LogP contribution in [-0.2, 0) is 57.2 Å². The Morgan fingerprint density at radius 1 is 0.611 bits per heavy atom. The van der Waals surface area contributed by atoms with E-state index in [1.807, 2.05) is 0 Å². The fraction of sp³-hybridized carbons (Fsp3) is 0.478. The number of methoxy groups -OCH3 is 3. The van der Waals surface area contributed by atoms with Gasteiger partial charge in [-0.1, -0.05) is 6.42 Å². The molecule has 1 saturated heterocycles. The summed E-state index contributed by atoms with van der Waals surface area (Å²) in [5, 5.41) is 0. The molecule has 0 amide bonds. The van der Waals surface area contributed by atoms with Crippen molar-refractivity contribution in [3.8, 4) is 0 Å². The van der Waals surface area contributed by atoms with Crippen LogP contribution in [0.1, 0.15) is 19.3 Å². The van der Waals surface area contributed by atoms with Crippen molar-refractivity contribution in [2.75, 3.05) is 41.0 Å². The van der Waals surface area contributed by atoms with Crippen LogP contribution in [-0.4, -0.2) is 94.1 Å². The summed E-state index contributed by atoms with van der Waals surface area (Å²) in [6.07, 6.45) is 4.85. The minimum Gasteiger partial charge on any atom is -0.466 e. The van der Waals surface area contributed by atoms with Gasteiger partial charge in [-0.05, 0) is 12.8 Å². The average molecular weight is 511 g/mol. The maximum Gasteiger partial charge on any atom is 0.332 e. The fourth-order valence-corrected chi connectivity index (χ4v) is 2.90. The second-order valence-electron chi connectivity index (χ2n) is 7.10. The van der Waals surface area contributed by atoms with Crippen molar-refractivity contribution in [2.45, 2.75) is 31.6 Å². The molecule has 198 valence electrons. The molecule has 1 heterocycles. The number of piperidine rings is 1. The van der Waals surface area contributed by atoms with Gasteiger partial charge in [-0.15, -0.1) is 0 Å². The molecule has 36 heavy (non-hydrogen) atoms. The van der Waals surface area contributed by atoms with Gasteiger partial charge in [-0.25, -0.2) is 28.8 Å². The van der Waals surface area contributed by atoms with Crippen LogP contribution in [0.5, 0.6) is 0 Å². The maximum atomic E-state index is 12.4. The largest absolute Gasteiger partial charge is 0.466 e. The van der Waals surface area contributed by atoms with E-state index in [1.54, 1.807) is 4.90 Å². The minimum atomic E-state index is -1.34. The second kappa shape index (κ2) is 16.6. The van der Waals surface area contributed by atoms with E-state index in [9.17, 15) is 28.8 Å². The van der Waals surface area contributed by atoms with E-state index in [4.69, 9.17) is 14.2 Å². The van der Waals surface area contributed by atoms with E-state index in [2.05, 4.69) is 14.2 Å². The molecular weight excluding hydrogens is 482 g/mol. The minimum absolute atomic E-state index is 0.473. The first-order valence-corrected chi connectivity index (χ1v) is 10.8. The zero-order valence-corrected chi connectivity index (χ0v) is 20.2. The van der Waals surface area contributed by atoms with Gasteiger partial charge in [-0.3, -0.25) is 4.90 Å². The van der Waals surface area contributed by atoms with E-state index in [1.165, 1.54) is 0 Å². The van der Waals surface area contributed by atoms with E-state index >= 15 is 0 Å². The van der Waals surface area contributed by atoms with Gasteiger partial charge in [0.2, 0.25) is 0 Å². The summed E-state index contributed by atoms with van der Waals surface area (Å²) in [5.74, 6) is -5.30. The molecule has 0 radical (unpaired) electrons. The number of carbonyl (C=O) groups excluding carboxylic acids is 6. The zero-order chi connectivity index (χ0) is 26.9. The van der Waals surface area contributed by atoms with E-state index in [0.29, 0.717) is 13.1 Å². The standard InChI is InChI=1S/C23H29NO12/c1-31-17(25)7-10-20(28)34-15-16(35-21(29)11-8-18(26)32-2)23(24-13-5-4-6-14-24)36-22(30)12-9-19(27)33-3/h7-12,16,23H,4-6,13-15H2,1-3H3/b10-7+,11-8+,12-9+. The molecule has 2 unspecified atom stereocenters. The molecule has 0 aliphatic carbocycles. The molecule has 1 aliphatic heterocycles. The van der Waals surface area contributed by atoms with Gasteiger partial charge < -0.3 is 28.4 Å². The Morgan fingerprint density at radius 2 is 1.03 bits per heavy atom. The van der Waals surface area contributed by atoms with Gasteiger partial charge in [-0.2, -0.15) is 0 Å². The highest BCUT2D eigenvalue weighted by atomic mass is 16.6. The molecule has 1 fully saturated rings. The lowest BCUT2D eigenvalue weighted by Gasteiger charge is -2.37. The predicted molar refractivity (Wildman–Crippen MR) is 120 cm³/mol. The molecule has 0 aromatic carbocycles. The molecule has 0 spiro atoms. The fourth-order valence-electron chi connectivity index (χ4n) is 2.90. The Balaban J connectivity index is 3.14. The van der Waals surface area contributed by atoms with Crippen molar-refractivity contribution in [1.29, 1.82) is 0 Å². The Morgan fingerprint density at radius 3 is 1.50 bits per heavy atom. The summed E-state index contributed by atoms with van der Waals surface area (Å²) in [4.78, 5) is 72.2. The molecule has 0 saturated carbocycles. The second-order valence-corrected chi connectivity index (χ2v) is 7.10. The van der Waals surface area contributed by atoms with Crippen molar-refractivity contribution in [2.24, 2.45) is 0 Å². The first-order chi connectivity index (χ1) is 17.2. The molecular formula is C23H29NO12. The molecule has 13 nitrogen and oxygen atoms in total. The summed E-state index contributed by atoms with van der Waals surface area (Å²) < 4.78 is 29.1. The quantitative estimate of drug-likeness (QED) is 0.195. The van der Waals surface area contributed by atoms with Gasteiger partial charge >= 0.3 is 35.8 Å². The third kappa shape index (κ3) is 11.9. The number of nitrogens with zero attached hydrogens (tertiary/aromatic N) is 1. The number of carbonyl (C=O) groups is 6. The summed E-state index contributed by atoms with van der Waals surface area (Å²) >= 11 is 0. The summed E-state index contributed by atoms with van der Waals surface area (Å²) in [6, 6.07) is 0. The lowest BCUT2D eigenvalue weighted by Crippen LogP contribution is -2.51. The molecule has 0 aromatic rings. The summed E-state index contributed by atoms with van der Waals surface area (Å²) in [5.41, 5.74) is 0. The van der Waals surface area contributed by atoms with Gasteiger partial charge in [0.05, 0.1) is 21.3 Å². The molecule has 1 aliphatic rings. The number of likely N-dealkylation sites (tertiary alicyclic amines) is 1. The molecule has 13 heteroatoms. The Hall–Kier alpha value is -4.00. The van der Waals surface area contributed by atoms with Gasteiger partial charge in [0.15, 0.2) is 12.3 Å². The smallest absolute Gasteiger partial charge is 0.332 e. The molecule has 0 aromatic heterocycles. The van der Waals surface area contributed by atoms with Crippen LogP contribution in [0, 0.1) is 0 Å². The number of hydrogen-bond donors (Lipinski definition) is 0. The van der Waals surface area contributed by atoms with Crippen LogP contribution in [0.2, 0.25) is 0 Å². The monoisotopic (exact) mass is 511 g/mol. The molecule has 1 rings (SSSR count). The highest BCUT2D eigenvalue weighted by Gasteiger charge is 2.35. The summed E-state index contributed by atoms with van der Waals surface area (Å²) in [6.45, 7) is 0.374. The van der Waals surface area contributed by atoms with Crippen molar-refractivity contribution in [3.63, 3.8) is 0 Å². The van der Waals surface area contributed by atoms with Crippen LogP contribution < -0.4 is 0 Å².